The summed E-state index contributed by atoms with van der Waals surface area (Å²) in [6.45, 7) is 3.85. The lowest BCUT2D eigenvalue weighted by molar-refractivity contribution is 0.0526. The van der Waals surface area contributed by atoms with Crippen LogP contribution in [-0.4, -0.2) is 39.8 Å². The Bertz CT molecular complexity index is 821. The second-order valence-corrected chi connectivity index (χ2v) is 5.62. The van der Waals surface area contributed by atoms with E-state index in [0.29, 0.717) is 40.7 Å². The molecule has 0 saturated carbocycles. The first-order valence-electron chi connectivity index (χ1n) is 8.34. The molecule has 0 bridgehead atoms. The Hall–Kier alpha value is -3.22. The molecule has 0 aliphatic carbocycles. The molecule has 0 aromatic heterocycles. The predicted molar refractivity (Wildman–Crippen MR) is 101 cm³/mol. The Morgan fingerprint density at radius 1 is 0.926 bits per heavy atom. The normalized spacial score (nSPS) is 10.1. The van der Waals surface area contributed by atoms with Crippen LogP contribution in [0.4, 0.5) is 5.69 Å². The highest BCUT2D eigenvalue weighted by Gasteiger charge is 2.18. The van der Waals surface area contributed by atoms with Crippen LogP contribution in [-0.2, 0) is 4.74 Å². The maximum Gasteiger partial charge on any atom is 0.338 e. The van der Waals surface area contributed by atoms with Gasteiger partial charge in [-0.2, -0.15) is 0 Å². The lowest BCUT2D eigenvalue weighted by Gasteiger charge is -2.15. The van der Waals surface area contributed by atoms with Gasteiger partial charge in [-0.3, -0.25) is 4.79 Å². The van der Waals surface area contributed by atoms with E-state index in [1.54, 1.807) is 44.2 Å². The maximum absolute atomic E-state index is 12.7. The van der Waals surface area contributed by atoms with Crippen molar-refractivity contribution in [2.45, 2.75) is 13.8 Å². The molecule has 0 heterocycles. The topological polar surface area (TPSA) is 83.1 Å². The van der Waals surface area contributed by atoms with E-state index < -0.39 is 5.97 Å². The molecule has 7 nitrogen and oxygen atoms in total. The van der Waals surface area contributed by atoms with Gasteiger partial charge in [0, 0.05) is 11.3 Å². The van der Waals surface area contributed by atoms with Crippen LogP contribution in [0.3, 0.4) is 0 Å². The fourth-order valence-corrected chi connectivity index (χ4v) is 2.55. The number of carbonyl (C=O) groups excluding carboxylic acids is 2. The fraction of sp³-hybridized carbons (Fsp3) is 0.300. The molecule has 2 rings (SSSR count). The number of esters is 1. The molecule has 7 heteroatoms. The molecule has 0 radical (unpaired) electrons. The first kappa shape index (κ1) is 20.1. The quantitative estimate of drug-likeness (QED) is 0.749. The van der Waals surface area contributed by atoms with Gasteiger partial charge in [0.1, 0.15) is 0 Å². The van der Waals surface area contributed by atoms with Gasteiger partial charge < -0.3 is 24.3 Å². The van der Waals surface area contributed by atoms with Crippen molar-refractivity contribution in [1.82, 2.24) is 0 Å². The Balaban J connectivity index is 2.28. The summed E-state index contributed by atoms with van der Waals surface area (Å²) in [5, 5.41) is 2.82. The molecular weight excluding hydrogens is 350 g/mol. The van der Waals surface area contributed by atoms with Crippen molar-refractivity contribution in [2.24, 2.45) is 0 Å². The second-order valence-electron chi connectivity index (χ2n) is 5.62. The number of benzene rings is 2. The molecule has 0 fully saturated rings. The van der Waals surface area contributed by atoms with Gasteiger partial charge in [-0.1, -0.05) is 0 Å². The third kappa shape index (κ3) is 4.49. The summed E-state index contributed by atoms with van der Waals surface area (Å²) < 4.78 is 20.8. The van der Waals surface area contributed by atoms with Crippen LogP contribution in [0, 0.1) is 6.92 Å². The molecule has 2 aromatic carbocycles. The van der Waals surface area contributed by atoms with Crippen LogP contribution in [0.1, 0.15) is 33.2 Å². The number of aryl methyl sites for hydroxylation is 1. The molecular formula is C20H23NO6. The van der Waals surface area contributed by atoms with Crippen LogP contribution in [0.5, 0.6) is 17.2 Å². The zero-order valence-electron chi connectivity index (χ0n) is 16.0. The highest BCUT2D eigenvalue weighted by molar-refractivity contribution is 6.05. The number of ether oxygens (including phenoxy) is 4. The molecule has 0 spiro atoms. The molecule has 0 unspecified atom stereocenters. The van der Waals surface area contributed by atoms with Crippen molar-refractivity contribution in [3.63, 3.8) is 0 Å². The van der Waals surface area contributed by atoms with Crippen LogP contribution >= 0.6 is 0 Å². The standard InChI is InChI=1S/C20H23NO6/c1-6-27-20(23)13-7-8-15(12(2)9-13)21-19(22)14-10-16(24-3)18(26-5)17(11-14)25-4/h7-11H,6H2,1-5H3,(H,21,22). The molecule has 2 aromatic rings. The first-order valence-corrected chi connectivity index (χ1v) is 8.34. The summed E-state index contributed by atoms with van der Waals surface area (Å²) in [6, 6.07) is 8.08. The average molecular weight is 373 g/mol. The summed E-state index contributed by atoms with van der Waals surface area (Å²) >= 11 is 0. The largest absolute Gasteiger partial charge is 0.493 e. The number of methoxy groups -OCH3 is 3. The summed E-state index contributed by atoms with van der Waals surface area (Å²) in [6.07, 6.45) is 0. The Kier molecular flexibility index (Phi) is 6.65. The van der Waals surface area contributed by atoms with E-state index in [1.165, 1.54) is 21.3 Å². The number of anilines is 1. The van der Waals surface area contributed by atoms with Crippen molar-refractivity contribution in [2.75, 3.05) is 33.3 Å². The molecule has 27 heavy (non-hydrogen) atoms. The highest BCUT2D eigenvalue weighted by atomic mass is 16.5. The maximum atomic E-state index is 12.7. The van der Waals surface area contributed by atoms with Gasteiger partial charge in [-0.25, -0.2) is 4.79 Å². The van der Waals surface area contributed by atoms with Crippen molar-refractivity contribution in [3.8, 4) is 17.2 Å². The van der Waals surface area contributed by atoms with Crippen LogP contribution in [0.25, 0.3) is 0 Å². The second kappa shape index (κ2) is 8.93. The molecule has 0 aliphatic heterocycles. The first-order chi connectivity index (χ1) is 12.9. The van der Waals surface area contributed by atoms with Gasteiger partial charge >= 0.3 is 5.97 Å². The van der Waals surface area contributed by atoms with E-state index in [-0.39, 0.29) is 5.91 Å². The van der Waals surface area contributed by atoms with Gasteiger partial charge in [0.25, 0.3) is 5.91 Å². The molecule has 0 atom stereocenters. The SMILES string of the molecule is CCOC(=O)c1ccc(NC(=O)c2cc(OC)c(OC)c(OC)c2)c(C)c1. The van der Waals surface area contributed by atoms with Crippen LogP contribution in [0.2, 0.25) is 0 Å². The lowest BCUT2D eigenvalue weighted by atomic mass is 10.1. The lowest BCUT2D eigenvalue weighted by Crippen LogP contribution is -2.14. The smallest absolute Gasteiger partial charge is 0.338 e. The van der Waals surface area contributed by atoms with Gasteiger partial charge in [-0.15, -0.1) is 0 Å². The van der Waals surface area contributed by atoms with Crippen molar-refractivity contribution in [3.05, 3.63) is 47.0 Å². The van der Waals surface area contributed by atoms with Gasteiger partial charge in [-0.05, 0) is 49.7 Å². The van der Waals surface area contributed by atoms with Crippen molar-refractivity contribution >= 4 is 17.6 Å². The van der Waals surface area contributed by atoms with E-state index >= 15 is 0 Å². The van der Waals surface area contributed by atoms with E-state index in [0.717, 1.165) is 5.56 Å². The van der Waals surface area contributed by atoms with E-state index in [2.05, 4.69) is 5.32 Å². The zero-order valence-corrected chi connectivity index (χ0v) is 16.0. The zero-order chi connectivity index (χ0) is 20.0. The van der Waals surface area contributed by atoms with Gasteiger partial charge in [0.15, 0.2) is 11.5 Å². The number of carbonyl (C=O) groups is 2. The molecule has 1 N–H and O–H groups in total. The minimum absolute atomic E-state index is 0.303. The average Bonchev–Trinajstić information content (AvgIpc) is 2.68. The van der Waals surface area contributed by atoms with Gasteiger partial charge in [0.2, 0.25) is 5.75 Å². The van der Waals surface area contributed by atoms with Crippen LogP contribution < -0.4 is 19.5 Å². The summed E-state index contributed by atoms with van der Waals surface area (Å²) in [7, 11) is 4.46. The summed E-state index contributed by atoms with van der Waals surface area (Å²) in [5.74, 6) is 0.434. The third-order valence-electron chi connectivity index (χ3n) is 3.91. The molecule has 0 aliphatic rings. The monoisotopic (exact) mass is 373 g/mol. The van der Waals surface area contributed by atoms with Crippen molar-refractivity contribution in [1.29, 1.82) is 0 Å². The minimum Gasteiger partial charge on any atom is -0.493 e. The summed E-state index contributed by atoms with van der Waals surface area (Å²) in [5.41, 5.74) is 2.10. The Labute approximate surface area is 158 Å². The number of amides is 1. The Morgan fingerprint density at radius 3 is 2.04 bits per heavy atom. The highest BCUT2D eigenvalue weighted by Crippen LogP contribution is 2.38. The number of hydrogen-bond donors (Lipinski definition) is 1. The van der Waals surface area contributed by atoms with E-state index in [9.17, 15) is 9.59 Å². The Morgan fingerprint density at radius 2 is 1.56 bits per heavy atom. The molecule has 0 saturated heterocycles. The van der Waals surface area contributed by atoms with Crippen molar-refractivity contribution < 1.29 is 28.5 Å². The number of hydrogen-bond acceptors (Lipinski definition) is 6. The third-order valence-corrected chi connectivity index (χ3v) is 3.91. The fourth-order valence-electron chi connectivity index (χ4n) is 2.55. The van der Waals surface area contributed by atoms with E-state index in [4.69, 9.17) is 18.9 Å². The number of nitrogens with one attached hydrogen (secondary N) is 1. The van der Waals surface area contributed by atoms with Gasteiger partial charge in [0.05, 0.1) is 33.5 Å². The minimum atomic E-state index is -0.400. The molecule has 1 amide bonds. The van der Waals surface area contributed by atoms with E-state index in [1.807, 2.05) is 0 Å². The van der Waals surface area contributed by atoms with Crippen LogP contribution in [0.15, 0.2) is 30.3 Å². The molecule has 144 valence electrons. The summed E-state index contributed by atoms with van der Waals surface area (Å²) in [4.78, 5) is 24.5. The number of rotatable bonds is 7. The predicted octanol–water partition coefficient (Wildman–Crippen LogP) is 3.45.